The predicted molar refractivity (Wildman–Crippen MR) is 142 cm³/mol. The Hall–Kier alpha value is -3.54. The van der Waals surface area contributed by atoms with Gasteiger partial charge in [-0.3, -0.25) is 9.20 Å². The fraction of sp³-hybridized carbons (Fsp3) is 0.481. The first-order valence-electron chi connectivity index (χ1n) is 12.3. The standard InChI is InChI=1S/C26H34N6O5.CH4/c1-18-7-4-5-8-19(18)15-36-17-21(28-24(33)26(2,3)27)23-30-29-22-10-6-9-20(32(22)23)16-37-25(34)31-11-13-35-14-12-31;/h4-10,21H,11-17,27H2,1-3H3,(H,28,33);1H4/t21-;/m1./s1. The zero-order valence-corrected chi connectivity index (χ0v) is 21.5. The zero-order chi connectivity index (χ0) is 26.4. The lowest BCUT2D eigenvalue weighted by Gasteiger charge is -2.26. The second-order valence-corrected chi connectivity index (χ2v) is 9.61. The number of amides is 2. The molecule has 4 rings (SSSR count). The topological polar surface area (TPSA) is 133 Å². The van der Waals surface area contributed by atoms with Gasteiger partial charge >= 0.3 is 6.09 Å². The van der Waals surface area contributed by atoms with Crippen LogP contribution in [0.3, 0.4) is 0 Å². The second-order valence-electron chi connectivity index (χ2n) is 9.61. The molecule has 3 heterocycles. The molecule has 0 bridgehead atoms. The minimum absolute atomic E-state index is 0. The Morgan fingerprint density at radius 3 is 2.55 bits per heavy atom. The molecule has 1 fully saturated rings. The predicted octanol–water partition coefficient (Wildman–Crippen LogP) is 2.75. The fourth-order valence-electron chi connectivity index (χ4n) is 3.93. The van der Waals surface area contributed by atoms with Crippen molar-refractivity contribution in [3.8, 4) is 0 Å². The number of nitrogens with one attached hydrogen (secondary N) is 1. The normalized spacial score (nSPS) is 14.6. The third-order valence-electron chi connectivity index (χ3n) is 6.15. The number of nitrogens with zero attached hydrogens (tertiary/aromatic N) is 4. The molecular formula is C27H38N6O5. The number of rotatable bonds is 9. The average molecular weight is 527 g/mol. The number of hydrogen-bond donors (Lipinski definition) is 2. The maximum atomic E-state index is 12.8. The number of aryl methyl sites for hydroxylation is 1. The summed E-state index contributed by atoms with van der Waals surface area (Å²) in [6.07, 6.45) is -0.411. The van der Waals surface area contributed by atoms with Gasteiger partial charge in [0.05, 0.1) is 37.7 Å². The Kier molecular flexibility index (Phi) is 9.78. The van der Waals surface area contributed by atoms with Crippen LogP contribution in [0.2, 0.25) is 0 Å². The number of carbonyl (C=O) groups is 2. The fourth-order valence-corrected chi connectivity index (χ4v) is 3.93. The largest absolute Gasteiger partial charge is 0.443 e. The van der Waals surface area contributed by atoms with Gasteiger partial charge in [-0.25, -0.2) is 4.79 Å². The minimum Gasteiger partial charge on any atom is -0.443 e. The van der Waals surface area contributed by atoms with Gasteiger partial charge in [0.25, 0.3) is 0 Å². The maximum absolute atomic E-state index is 12.8. The quantitative estimate of drug-likeness (QED) is 0.435. The van der Waals surface area contributed by atoms with Crippen LogP contribution in [0.1, 0.15) is 50.0 Å². The Balaban J connectivity index is 0.00000400. The van der Waals surface area contributed by atoms with Crippen molar-refractivity contribution < 1.29 is 23.8 Å². The monoisotopic (exact) mass is 526 g/mol. The number of ether oxygens (including phenoxy) is 3. The van der Waals surface area contributed by atoms with Crippen molar-refractivity contribution in [2.45, 2.75) is 53.0 Å². The maximum Gasteiger partial charge on any atom is 0.410 e. The summed E-state index contributed by atoms with van der Waals surface area (Å²) in [5.41, 5.74) is 8.32. The summed E-state index contributed by atoms with van der Waals surface area (Å²) in [4.78, 5) is 27.0. The van der Waals surface area contributed by atoms with Gasteiger partial charge in [0.2, 0.25) is 5.91 Å². The molecule has 0 aliphatic carbocycles. The van der Waals surface area contributed by atoms with E-state index in [2.05, 4.69) is 15.5 Å². The smallest absolute Gasteiger partial charge is 0.410 e. The molecule has 0 unspecified atom stereocenters. The Morgan fingerprint density at radius 1 is 1.11 bits per heavy atom. The molecule has 3 N–H and O–H groups in total. The van der Waals surface area contributed by atoms with Gasteiger partial charge in [-0.15, -0.1) is 10.2 Å². The SMILES string of the molecule is C.Cc1ccccc1COC[C@@H](NC(=O)C(C)(C)N)c1nnc2cccc(COC(=O)N3CCOCC3)n12. The number of benzene rings is 1. The number of hydrogen-bond acceptors (Lipinski definition) is 8. The van der Waals surface area contributed by atoms with Crippen molar-refractivity contribution in [2.75, 3.05) is 32.9 Å². The number of fused-ring (bicyclic) bond motifs is 1. The van der Waals surface area contributed by atoms with Crippen molar-refractivity contribution in [3.05, 3.63) is 65.1 Å². The average Bonchev–Trinajstić information content (AvgIpc) is 3.32. The van der Waals surface area contributed by atoms with Gasteiger partial charge in [0.15, 0.2) is 11.5 Å². The molecule has 1 saturated heterocycles. The van der Waals surface area contributed by atoms with E-state index in [1.807, 2.05) is 43.3 Å². The van der Waals surface area contributed by atoms with Crippen LogP contribution in [0, 0.1) is 6.92 Å². The van der Waals surface area contributed by atoms with Gasteiger partial charge in [-0.2, -0.15) is 0 Å². The van der Waals surface area contributed by atoms with Crippen LogP contribution in [0.5, 0.6) is 0 Å². The molecule has 11 heteroatoms. The first-order chi connectivity index (χ1) is 17.7. The molecule has 0 radical (unpaired) electrons. The second kappa shape index (κ2) is 12.8. The summed E-state index contributed by atoms with van der Waals surface area (Å²) in [7, 11) is 0. The third kappa shape index (κ3) is 7.06. The van der Waals surface area contributed by atoms with Crippen molar-refractivity contribution in [1.82, 2.24) is 24.8 Å². The zero-order valence-electron chi connectivity index (χ0n) is 21.5. The molecule has 0 spiro atoms. The highest BCUT2D eigenvalue weighted by Gasteiger charge is 2.29. The van der Waals surface area contributed by atoms with Gasteiger partial charge in [0.1, 0.15) is 12.6 Å². The summed E-state index contributed by atoms with van der Waals surface area (Å²) < 4.78 is 18.7. The molecule has 1 aliphatic rings. The first-order valence-corrected chi connectivity index (χ1v) is 12.3. The number of nitrogens with two attached hydrogens (primary N) is 1. The molecular weight excluding hydrogens is 488 g/mol. The van der Waals surface area contributed by atoms with Crippen LogP contribution in [0.4, 0.5) is 4.79 Å². The van der Waals surface area contributed by atoms with Crippen molar-refractivity contribution >= 4 is 17.6 Å². The van der Waals surface area contributed by atoms with E-state index in [-0.39, 0.29) is 26.5 Å². The van der Waals surface area contributed by atoms with Crippen LogP contribution in [0.15, 0.2) is 42.5 Å². The van der Waals surface area contributed by atoms with Gasteiger partial charge in [0, 0.05) is 13.1 Å². The van der Waals surface area contributed by atoms with E-state index in [1.165, 1.54) is 0 Å². The summed E-state index contributed by atoms with van der Waals surface area (Å²) in [6, 6.07) is 12.7. The van der Waals surface area contributed by atoms with Crippen LogP contribution in [0.25, 0.3) is 5.65 Å². The highest BCUT2D eigenvalue weighted by molar-refractivity contribution is 5.85. The van der Waals surface area contributed by atoms with Crippen LogP contribution < -0.4 is 11.1 Å². The molecule has 2 aromatic heterocycles. The first kappa shape index (κ1) is 29.0. The molecule has 3 aromatic rings. The van der Waals surface area contributed by atoms with Gasteiger partial charge < -0.3 is 30.2 Å². The van der Waals surface area contributed by atoms with E-state index in [0.717, 1.165) is 11.1 Å². The summed E-state index contributed by atoms with van der Waals surface area (Å²) in [5, 5.41) is 11.6. The molecule has 1 atom stereocenters. The molecule has 206 valence electrons. The van der Waals surface area contributed by atoms with Gasteiger partial charge in [-0.05, 0) is 44.0 Å². The summed E-state index contributed by atoms with van der Waals surface area (Å²) in [5.74, 6) is 0.0976. The number of pyridine rings is 1. The highest BCUT2D eigenvalue weighted by atomic mass is 16.6. The van der Waals surface area contributed by atoms with E-state index >= 15 is 0 Å². The van der Waals surface area contributed by atoms with E-state index in [0.29, 0.717) is 50.1 Å². The lowest BCUT2D eigenvalue weighted by atomic mass is 10.1. The third-order valence-corrected chi connectivity index (χ3v) is 6.15. The Labute approximate surface area is 223 Å². The van der Waals surface area contributed by atoms with E-state index in [9.17, 15) is 9.59 Å². The molecule has 2 amide bonds. The number of morpholine rings is 1. The van der Waals surface area contributed by atoms with Crippen LogP contribution >= 0.6 is 0 Å². The molecule has 0 saturated carbocycles. The van der Waals surface area contributed by atoms with E-state index < -0.39 is 17.7 Å². The van der Waals surface area contributed by atoms with Crippen LogP contribution in [-0.4, -0.2) is 69.9 Å². The van der Waals surface area contributed by atoms with E-state index in [1.54, 1.807) is 29.2 Å². The van der Waals surface area contributed by atoms with Crippen molar-refractivity contribution in [2.24, 2.45) is 5.73 Å². The molecule has 38 heavy (non-hydrogen) atoms. The Morgan fingerprint density at radius 2 is 1.84 bits per heavy atom. The lowest BCUT2D eigenvalue weighted by Crippen LogP contribution is -2.51. The van der Waals surface area contributed by atoms with Crippen molar-refractivity contribution in [3.63, 3.8) is 0 Å². The number of carbonyl (C=O) groups excluding carboxylic acids is 2. The number of aromatic nitrogens is 3. The van der Waals surface area contributed by atoms with E-state index in [4.69, 9.17) is 19.9 Å². The van der Waals surface area contributed by atoms with Crippen LogP contribution in [-0.2, 0) is 32.2 Å². The highest BCUT2D eigenvalue weighted by Crippen LogP contribution is 2.19. The van der Waals surface area contributed by atoms with Crippen molar-refractivity contribution in [1.29, 1.82) is 0 Å². The summed E-state index contributed by atoms with van der Waals surface area (Å²) >= 11 is 0. The molecule has 1 aromatic carbocycles. The molecule has 1 aliphatic heterocycles. The molecule has 11 nitrogen and oxygen atoms in total. The van der Waals surface area contributed by atoms with Gasteiger partial charge in [-0.1, -0.05) is 37.8 Å². The minimum atomic E-state index is -1.11. The Bertz CT molecular complexity index is 1230. The lowest BCUT2D eigenvalue weighted by molar-refractivity contribution is -0.126. The summed E-state index contributed by atoms with van der Waals surface area (Å²) in [6.45, 7) is 7.74.